The van der Waals surface area contributed by atoms with Gasteiger partial charge in [-0.3, -0.25) is 9.59 Å². The smallest absolute Gasteiger partial charge is 0.295 e. The lowest BCUT2D eigenvalue weighted by Crippen LogP contribution is -2.32. The van der Waals surface area contributed by atoms with Crippen LogP contribution >= 0.6 is 0 Å². The van der Waals surface area contributed by atoms with Crippen LogP contribution in [0.2, 0.25) is 0 Å². The van der Waals surface area contributed by atoms with Gasteiger partial charge in [-0.15, -0.1) is 0 Å². The van der Waals surface area contributed by atoms with Crippen molar-refractivity contribution in [3.63, 3.8) is 0 Å². The summed E-state index contributed by atoms with van der Waals surface area (Å²) in [7, 11) is 6.05. The van der Waals surface area contributed by atoms with E-state index < -0.39 is 17.7 Å². The van der Waals surface area contributed by atoms with Crippen molar-refractivity contribution in [1.29, 1.82) is 0 Å². The molecule has 1 amide bonds. The van der Waals surface area contributed by atoms with Gasteiger partial charge in [-0.05, 0) is 36.8 Å². The number of aliphatic hydroxyl groups is 1. The number of ether oxygens (including phenoxy) is 4. The Bertz CT molecular complexity index is 1060. The Hall–Kier alpha value is -3.52. The number of carbonyl (C=O) groups is 2. The van der Waals surface area contributed by atoms with E-state index >= 15 is 0 Å². The minimum atomic E-state index is -0.877. The molecule has 170 valence electrons. The molecule has 32 heavy (non-hydrogen) atoms. The van der Waals surface area contributed by atoms with Crippen LogP contribution in [-0.2, 0) is 14.3 Å². The molecule has 1 aliphatic heterocycles. The number of hydrogen-bond acceptors (Lipinski definition) is 7. The summed E-state index contributed by atoms with van der Waals surface area (Å²) in [5.74, 6) is -0.300. The molecule has 3 rings (SSSR count). The average molecular weight is 441 g/mol. The number of carbonyl (C=O) groups excluding carboxylic acids is 2. The number of aryl methyl sites for hydroxylation is 1. The lowest BCUT2D eigenvalue weighted by molar-refractivity contribution is -0.140. The third-order valence-electron chi connectivity index (χ3n) is 5.47. The molecule has 0 aromatic heterocycles. The molecule has 8 nitrogen and oxygen atoms in total. The Morgan fingerprint density at radius 2 is 1.72 bits per heavy atom. The monoisotopic (exact) mass is 441 g/mol. The minimum Gasteiger partial charge on any atom is -0.507 e. The van der Waals surface area contributed by atoms with E-state index in [1.165, 1.54) is 26.2 Å². The van der Waals surface area contributed by atoms with E-state index in [0.717, 1.165) is 5.56 Å². The number of para-hydroxylation sites is 1. The molecular weight excluding hydrogens is 414 g/mol. The normalized spacial score (nSPS) is 17.5. The number of rotatable bonds is 8. The maximum absolute atomic E-state index is 13.1. The Labute approximate surface area is 187 Å². The van der Waals surface area contributed by atoms with Crippen molar-refractivity contribution >= 4 is 17.4 Å². The van der Waals surface area contributed by atoms with Gasteiger partial charge in [0.05, 0.1) is 39.6 Å². The summed E-state index contributed by atoms with van der Waals surface area (Å²) in [5, 5.41) is 11.2. The molecule has 1 heterocycles. The molecule has 0 saturated carbocycles. The topological polar surface area (TPSA) is 94.5 Å². The van der Waals surface area contributed by atoms with E-state index in [1.54, 1.807) is 43.5 Å². The van der Waals surface area contributed by atoms with Gasteiger partial charge in [-0.2, -0.15) is 0 Å². The Kier molecular flexibility index (Phi) is 7.05. The number of hydrogen-bond donors (Lipinski definition) is 1. The minimum absolute atomic E-state index is 0.0257. The predicted molar refractivity (Wildman–Crippen MR) is 118 cm³/mol. The van der Waals surface area contributed by atoms with E-state index in [4.69, 9.17) is 18.9 Å². The third-order valence-corrected chi connectivity index (χ3v) is 5.47. The molecule has 1 aliphatic rings. The Morgan fingerprint density at radius 3 is 2.31 bits per heavy atom. The second kappa shape index (κ2) is 9.74. The first-order chi connectivity index (χ1) is 15.4. The van der Waals surface area contributed by atoms with Crippen LogP contribution in [0.4, 0.5) is 0 Å². The zero-order valence-corrected chi connectivity index (χ0v) is 18.8. The van der Waals surface area contributed by atoms with Gasteiger partial charge in [0.1, 0.15) is 11.5 Å². The summed E-state index contributed by atoms with van der Waals surface area (Å²) in [4.78, 5) is 27.4. The Morgan fingerprint density at radius 1 is 1.00 bits per heavy atom. The van der Waals surface area contributed by atoms with Crippen LogP contribution in [0.3, 0.4) is 0 Å². The molecule has 1 atom stereocenters. The number of Topliss-reactive ketones (excluding diaryl/α,β-unsaturated/α-hetero) is 1. The van der Waals surface area contributed by atoms with Gasteiger partial charge < -0.3 is 29.0 Å². The molecule has 1 fully saturated rings. The molecular formula is C24H27NO7. The standard InChI is InChI=1S/C24H27NO7/c1-14-13-15(9-10-17(14)30-3)21(26)19-20(25(11-12-29-2)24(28)22(19)27)16-7-6-8-18(31-4)23(16)32-5/h6-10,13,20,26H,11-12H2,1-5H3/t20-/m1/s1. The van der Waals surface area contributed by atoms with Crippen LogP contribution in [0.25, 0.3) is 5.76 Å². The van der Waals surface area contributed by atoms with E-state index in [1.807, 2.05) is 6.92 Å². The molecule has 0 aliphatic carbocycles. The second-order valence-electron chi connectivity index (χ2n) is 7.25. The van der Waals surface area contributed by atoms with Gasteiger partial charge in [-0.25, -0.2) is 0 Å². The molecule has 0 unspecified atom stereocenters. The zero-order valence-electron chi connectivity index (χ0n) is 18.8. The average Bonchev–Trinajstić information content (AvgIpc) is 3.06. The van der Waals surface area contributed by atoms with Crippen LogP contribution in [0.5, 0.6) is 17.2 Å². The van der Waals surface area contributed by atoms with Gasteiger partial charge in [0.2, 0.25) is 0 Å². The van der Waals surface area contributed by atoms with E-state index in [0.29, 0.717) is 28.4 Å². The third kappa shape index (κ3) is 4.01. The largest absolute Gasteiger partial charge is 0.507 e. The summed E-state index contributed by atoms with van der Waals surface area (Å²) in [6, 6.07) is 9.37. The second-order valence-corrected chi connectivity index (χ2v) is 7.25. The molecule has 8 heteroatoms. The van der Waals surface area contributed by atoms with Gasteiger partial charge in [0, 0.05) is 24.8 Å². The van der Waals surface area contributed by atoms with Gasteiger partial charge in [0.25, 0.3) is 11.7 Å². The molecule has 0 spiro atoms. The SMILES string of the molecule is COCCN1C(=O)C(=O)C(=C(O)c2ccc(OC)c(C)c2)[C@H]1c1cccc(OC)c1OC. The van der Waals surface area contributed by atoms with Gasteiger partial charge >= 0.3 is 0 Å². The predicted octanol–water partition coefficient (Wildman–Crippen LogP) is 3.09. The highest BCUT2D eigenvalue weighted by Crippen LogP contribution is 2.45. The maximum Gasteiger partial charge on any atom is 0.295 e. The van der Waals surface area contributed by atoms with Crippen LogP contribution in [0, 0.1) is 6.92 Å². The summed E-state index contributed by atoms with van der Waals surface area (Å²) < 4.78 is 21.4. The van der Waals surface area contributed by atoms with Crippen LogP contribution < -0.4 is 14.2 Å². The number of likely N-dealkylation sites (tertiary alicyclic amines) is 1. The van der Waals surface area contributed by atoms with Crippen LogP contribution in [0.1, 0.15) is 22.7 Å². The summed E-state index contributed by atoms with van der Waals surface area (Å²) >= 11 is 0. The maximum atomic E-state index is 13.1. The lowest BCUT2D eigenvalue weighted by Gasteiger charge is -2.27. The van der Waals surface area contributed by atoms with Gasteiger partial charge in [0.15, 0.2) is 11.5 Å². The number of amides is 1. The fourth-order valence-corrected chi connectivity index (χ4v) is 3.93. The van der Waals surface area contributed by atoms with Crippen molar-refractivity contribution in [3.8, 4) is 17.2 Å². The highest BCUT2D eigenvalue weighted by molar-refractivity contribution is 6.46. The number of aliphatic hydroxyl groups excluding tert-OH is 1. The first-order valence-corrected chi connectivity index (χ1v) is 10.0. The molecule has 1 saturated heterocycles. The Balaban J connectivity index is 2.25. The number of benzene rings is 2. The number of ketones is 1. The highest BCUT2D eigenvalue weighted by atomic mass is 16.5. The van der Waals surface area contributed by atoms with Crippen molar-refractivity contribution in [2.45, 2.75) is 13.0 Å². The first-order valence-electron chi connectivity index (χ1n) is 10.0. The van der Waals surface area contributed by atoms with Crippen molar-refractivity contribution in [1.82, 2.24) is 4.90 Å². The van der Waals surface area contributed by atoms with Gasteiger partial charge in [-0.1, -0.05) is 12.1 Å². The lowest BCUT2D eigenvalue weighted by atomic mass is 9.94. The first kappa shape index (κ1) is 23.1. The molecule has 2 aromatic carbocycles. The zero-order chi connectivity index (χ0) is 23.4. The fourth-order valence-electron chi connectivity index (χ4n) is 3.93. The molecule has 0 bridgehead atoms. The summed E-state index contributed by atoms with van der Waals surface area (Å²) in [6.07, 6.45) is 0. The molecule has 2 aromatic rings. The van der Waals surface area contributed by atoms with Crippen molar-refractivity contribution in [3.05, 3.63) is 58.7 Å². The van der Waals surface area contributed by atoms with Crippen molar-refractivity contribution in [2.75, 3.05) is 41.6 Å². The number of methoxy groups -OCH3 is 4. The van der Waals surface area contributed by atoms with Crippen LogP contribution in [0.15, 0.2) is 42.0 Å². The van der Waals surface area contributed by atoms with Crippen molar-refractivity contribution in [2.24, 2.45) is 0 Å². The van der Waals surface area contributed by atoms with Crippen molar-refractivity contribution < 1.29 is 33.6 Å². The summed E-state index contributed by atoms with van der Waals surface area (Å²) in [5.41, 5.74) is 1.68. The molecule has 1 N–H and O–H groups in total. The quantitative estimate of drug-likeness (QED) is 0.382. The van der Waals surface area contributed by atoms with E-state index in [2.05, 4.69) is 0 Å². The van der Waals surface area contributed by atoms with E-state index in [-0.39, 0.29) is 24.5 Å². The van der Waals surface area contributed by atoms with Crippen LogP contribution in [-0.4, -0.2) is 63.3 Å². The number of nitrogens with zero attached hydrogens (tertiary/aromatic N) is 1. The summed E-state index contributed by atoms with van der Waals surface area (Å²) in [6.45, 7) is 2.21. The molecule has 0 radical (unpaired) electrons. The highest BCUT2D eigenvalue weighted by Gasteiger charge is 2.47. The van der Waals surface area contributed by atoms with E-state index in [9.17, 15) is 14.7 Å². The fraction of sp³-hybridized carbons (Fsp3) is 0.333.